The van der Waals surface area contributed by atoms with Crippen LogP contribution in [0.2, 0.25) is 0 Å². The summed E-state index contributed by atoms with van der Waals surface area (Å²) in [6, 6.07) is 1.90. The first-order valence-corrected chi connectivity index (χ1v) is 6.89. The van der Waals surface area contributed by atoms with Gasteiger partial charge in [0.05, 0.1) is 17.6 Å². The molecule has 5 heteroatoms. The van der Waals surface area contributed by atoms with Crippen LogP contribution in [0.1, 0.15) is 29.2 Å². The lowest BCUT2D eigenvalue weighted by Crippen LogP contribution is -2.28. The Bertz CT molecular complexity index is 647. The normalized spacial score (nSPS) is 17.6. The van der Waals surface area contributed by atoms with Crippen LogP contribution in [-0.2, 0) is 17.6 Å². The maximum Gasteiger partial charge on any atom is 0.227 e. The van der Waals surface area contributed by atoms with E-state index in [0.29, 0.717) is 0 Å². The molecule has 5 nitrogen and oxygen atoms in total. The van der Waals surface area contributed by atoms with E-state index in [2.05, 4.69) is 20.3 Å². The van der Waals surface area contributed by atoms with Gasteiger partial charge < -0.3 is 10.3 Å². The van der Waals surface area contributed by atoms with Crippen molar-refractivity contribution in [3.8, 4) is 0 Å². The van der Waals surface area contributed by atoms with Crippen molar-refractivity contribution in [2.45, 2.75) is 33.1 Å². The number of H-pyrrole nitrogens is 1. The third-order valence-electron chi connectivity index (χ3n) is 3.83. The molecule has 1 aliphatic carbocycles. The number of nitrogens with one attached hydrogen (secondary N) is 2. The number of amides is 1. The Hall–Kier alpha value is -2.17. The van der Waals surface area contributed by atoms with E-state index < -0.39 is 0 Å². The van der Waals surface area contributed by atoms with Gasteiger partial charge in [-0.15, -0.1) is 0 Å². The third-order valence-corrected chi connectivity index (χ3v) is 3.83. The maximum atomic E-state index is 12.4. The molecule has 20 heavy (non-hydrogen) atoms. The van der Waals surface area contributed by atoms with Gasteiger partial charge in [0, 0.05) is 24.2 Å². The first kappa shape index (κ1) is 12.8. The molecule has 0 saturated heterocycles. The van der Waals surface area contributed by atoms with Crippen molar-refractivity contribution in [1.82, 2.24) is 15.0 Å². The number of rotatable bonds is 2. The van der Waals surface area contributed by atoms with Gasteiger partial charge in [-0.1, -0.05) is 0 Å². The molecule has 0 aromatic carbocycles. The predicted octanol–water partition coefficient (Wildman–Crippen LogP) is 2.17. The fraction of sp³-hybridized carbons (Fsp3) is 0.400. The molecule has 0 unspecified atom stereocenters. The minimum atomic E-state index is 0.00181. The van der Waals surface area contributed by atoms with Crippen LogP contribution in [0.3, 0.4) is 0 Å². The lowest BCUT2D eigenvalue weighted by molar-refractivity contribution is -0.120. The third kappa shape index (κ3) is 2.43. The largest absolute Gasteiger partial charge is 0.346 e. The molecule has 3 rings (SSSR count). The van der Waals surface area contributed by atoms with Crippen LogP contribution in [0.4, 0.5) is 5.69 Å². The Morgan fingerprint density at radius 3 is 3.10 bits per heavy atom. The zero-order valence-electron chi connectivity index (χ0n) is 11.7. The number of hydrogen-bond donors (Lipinski definition) is 2. The number of imidazole rings is 1. The Morgan fingerprint density at radius 2 is 2.30 bits per heavy atom. The average molecular weight is 270 g/mol. The summed E-state index contributed by atoms with van der Waals surface area (Å²) in [7, 11) is 0. The molecule has 2 heterocycles. The summed E-state index contributed by atoms with van der Waals surface area (Å²) in [5.74, 6) is 1.00. The fourth-order valence-corrected chi connectivity index (χ4v) is 2.68. The van der Waals surface area contributed by atoms with Crippen LogP contribution in [0.5, 0.6) is 0 Å². The lowest BCUT2D eigenvalue weighted by atomic mass is 9.89. The number of anilines is 1. The van der Waals surface area contributed by atoms with Gasteiger partial charge in [-0.2, -0.15) is 0 Å². The van der Waals surface area contributed by atoms with Gasteiger partial charge in [0.15, 0.2) is 0 Å². The van der Waals surface area contributed by atoms with Crippen molar-refractivity contribution in [2.24, 2.45) is 5.92 Å². The molecule has 2 aromatic rings. The van der Waals surface area contributed by atoms with E-state index in [4.69, 9.17) is 0 Å². The summed E-state index contributed by atoms with van der Waals surface area (Å²) < 4.78 is 0. The summed E-state index contributed by atoms with van der Waals surface area (Å²) in [5, 5.41) is 2.98. The van der Waals surface area contributed by atoms with Crippen molar-refractivity contribution in [1.29, 1.82) is 0 Å². The highest BCUT2D eigenvalue weighted by Crippen LogP contribution is 2.25. The molecular formula is C15H18N4O. The average Bonchev–Trinajstić information content (AvgIpc) is 2.80. The SMILES string of the molecule is Cc1nc2c([nH]1)C[C@@H](C(=O)Nc1cnccc1C)CC2. The predicted molar refractivity (Wildman–Crippen MR) is 76.4 cm³/mol. The van der Waals surface area contributed by atoms with Gasteiger partial charge in [0.1, 0.15) is 5.82 Å². The minimum Gasteiger partial charge on any atom is -0.346 e. The molecule has 0 radical (unpaired) electrons. The summed E-state index contributed by atoms with van der Waals surface area (Å²) in [5.41, 5.74) is 4.05. The number of fused-ring (bicyclic) bond motifs is 1. The Morgan fingerprint density at radius 1 is 1.45 bits per heavy atom. The molecule has 0 bridgehead atoms. The smallest absolute Gasteiger partial charge is 0.227 e. The summed E-state index contributed by atoms with van der Waals surface area (Å²) >= 11 is 0. The van der Waals surface area contributed by atoms with Crippen LogP contribution in [-0.4, -0.2) is 20.9 Å². The van der Waals surface area contributed by atoms with Crippen molar-refractivity contribution in [2.75, 3.05) is 5.32 Å². The van der Waals surface area contributed by atoms with E-state index in [1.165, 1.54) is 0 Å². The van der Waals surface area contributed by atoms with Gasteiger partial charge in [0.2, 0.25) is 5.91 Å². The van der Waals surface area contributed by atoms with Gasteiger partial charge in [-0.3, -0.25) is 9.78 Å². The summed E-state index contributed by atoms with van der Waals surface area (Å²) in [6.07, 6.45) is 5.88. The van der Waals surface area contributed by atoms with Gasteiger partial charge >= 0.3 is 0 Å². The highest BCUT2D eigenvalue weighted by Gasteiger charge is 2.27. The number of nitrogens with zero attached hydrogens (tertiary/aromatic N) is 2. The quantitative estimate of drug-likeness (QED) is 0.878. The fourth-order valence-electron chi connectivity index (χ4n) is 2.68. The number of aromatic amines is 1. The summed E-state index contributed by atoms with van der Waals surface area (Å²) in [6.45, 7) is 3.92. The standard InChI is InChI=1S/C15H18N4O/c1-9-5-6-16-8-14(9)19-15(20)11-3-4-12-13(7-11)18-10(2)17-12/h5-6,8,11H,3-4,7H2,1-2H3,(H,17,18)(H,19,20)/t11-/m0/s1. The molecule has 0 spiro atoms. The Balaban J connectivity index is 1.72. The molecular weight excluding hydrogens is 252 g/mol. The summed E-state index contributed by atoms with van der Waals surface area (Å²) in [4.78, 5) is 24.1. The molecule has 1 atom stereocenters. The second-order valence-corrected chi connectivity index (χ2v) is 5.37. The highest BCUT2D eigenvalue weighted by molar-refractivity contribution is 5.93. The molecule has 1 aliphatic rings. The topological polar surface area (TPSA) is 70.7 Å². The van der Waals surface area contributed by atoms with Gasteiger partial charge in [0.25, 0.3) is 0 Å². The van der Waals surface area contributed by atoms with E-state index in [0.717, 1.165) is 47.7 Å². The number of aryl methyl sites for hydroxylation is 3. The van der Waals surface area contributed by atoms with Gasteiger partial charge in [-0.25, -0.2) is 4.98 Å². The van der Waals surface area contributed by atoms with E-state index in [1.807, 2.05) is 19.9 Å². The van der Waals surface area contributed by atoms with Crippen LogP contribution in [0, 0.1) is 19.8 Å². The van der Waals surface area contributed by atoms with Crippen molar-refractivity contribution < 1.29 is 4.79 Å². The first-order valence-electron chi connectivity index (χ1n) is 6.89. The highest BCUT2D eigenvalue weighted by atomic mass is 16.1. The lowest BCUT2D eigenvalue weighted by Gasteiger charge is -2.21. The van der Waals surface area contributed by atoms with Crippen molar-refractivity contribution in [3.05, 3.63) is 41.2 Å². The number of pyridine rings is 1. The molecule has 2 N–H and O–H groups in total. The number of carbonyl (C=O) groups is 1. The van der Waals surface area contributed by atoms with Crippen LogP contribution in [0.15, 0.2) is 18.5 Å². The van der Waals surface area contributed by atoms with E-state index in [-0.39, 0.29) is 11.8 Å². The molecule has 0 aliphatic heterocycles. The molecule has 104 valence electrons. The van der Waals surface area contributed by atoms with E-state index >= 15 is 0 Å². The zero-order chi connectivity index (χ0) is 14.1. The second kappa shape index (κ2) is 5.07. The van der Waals surface area contributed by atoms with Crippen LogP contribution < -0.4 is 5.32 Å². The van der Waals surface area contributed by atoms with Gasteiger partial charge in [-0.05, 0) is 38.3 Å². The van der Waals surface area contributed by atoms with Crippen molar-refractivity contribution in [3.63, 3.8) is 0 Å². The van der Waals surface area contributed by atoms with Crippen LogP contribution >= 0.6 is 0 Å². The Kier molecular flexibility index (Phi) is 3.26. The number of hydrogen-bond acceptors (Lipinski definition) is 3. The first-order chi connectivity index (χ1) is 9.63. The van der Waals surface area contributed by atoms with Crippen molar-refractivity contribution >= 4 is 11.6 Å². The van der Waals surface area contributed by atoms with Crippen LogP contribution in [0.25, 0.3) is 0 Å². The molecule has 0 fully saturated rings. The molecule has 1 amide bonds. The van der Waals surface area contributed by atoms with E-state index in [9.17, 15) is 4.79 Å². The monoisotopic (exact) mass is 270 g/mol. The number of aromatic nitrogens is 3. The zero-order valence-corrected chi connectivity index (χ0v) is 11.7. The Labute approximate surface area is 117 Å². The number of carbonyl (C=O) groups excluding carboxylic acids is 1. The second-order valence-electron chi connectivity index (χ2n) is 5.37. The maximum absolute atomic E-state index is 12.4. The van der Waals surface area contributed by atoms with E-state index in [1.54, 1.807) is 12.4 Å². The molecule has 2 aromatic heterocycles. The molecule has 0 saturated carbocycles. The minimum absolute atomic E-state index is 0.00181.